The van der Waals surface area contributed by atoms with Gasteiger partial charge in [0.1, 0.15) is 6.04 Å². The Morgan fingerprint density at radius 1 is 0.829 bits per heavy atom. The number of likely N-dealkylation sites (N-methyl/N-ethyl adjacent to an activating group) is 1. The van der Waals surface area contributed by atoms with Crippen LogP contribution in [0.15, 0.2) is 91.0 Å². The first-order valence-corrected chi connectivity index (χ1v) is 13.2. The normalized spacial score (nSPS) is 12.2. The highest BCUT2D eigenvalue weighted by Gasteiger charge is 2.32. The molecule has 0 aromatic heterocycles. The van der Waals surface area contributed by atoms with Crippen molar-refractivity contribution >= 4 is 21.8 Å². The number of benzene rings is 3. The Kier molecular flexibility index (Phi) is 9.17. The average Bonchev–Trinajstić information content (AvgIpc) is 2.85. The molecule has 0 aliphatic heterocycles. The summed E-state index contributed by atoms with van der Waals surface area (Å²) < 4.78 is 24.9. The SMILES string of the molecule is CN(CC(=O)N(Cc1ccccc1)C(C(=O)NCCc1ccccc1)c1ccccc1)S(C)(=O)=O. The highest BCUT2D eigenvalue weighted by molar-refractivity contribution is 7.88. The van der Waals surface area contributed by atoms with Crippen LogP contribution in [0.1, 0.15) is 22.7 Å². The van der Waals surface area contributed by atoms with Crippen LogP contribution in [-0.4, -0.2) is 55.8 Å². The number of sulfonamides is 1. The van der Waals surface area contributed by atoms with E-state index in [2.05, 4.69) is 5.32 Å². The lowest BCUT2D eigenvalue weighted by atomic mass is 10.0. The highest BCUT2D eigenvalue weighted by atomic mass is 32.2. The molecule has 0 saturated carbocycles. The summed E-state index contributed by atoms with van der Waals surface area (Å²) in [6.45, 7) is 0.192. The molecule has 0 spiro atoms. The summed E-state index contributed by atoms with van der Waals surface area (Å²) in [5, 5.41) is 2.97. The standard InChI is InChI=1S/C27H31N3O4S/c1-29(35(2,33)34)21-25(31)30(20-23-14-8-4-9-15-23)26(24-16-10-5-11-17-24)27(32)28-19-18-22-12-6-3-7-13-22/h3-17,26H,18-21H2,1-2H3,(H,28,32). The van der Waals surface area contributed by atoms with Crippen molar-refractivity contribution in [3.05, 3.63) is 108 Å². The topological polar surface area (TPSA) is 86.8 Å². The molecule has 8 heteroatoms. The van der Waals surface area contributed by atoms with E-state index in [1.54, 1.807) is 12.1 Å². The van der Waals surface area contributed by atoms with Gasteiger partial charge in [-0.3, -0.25) is 9.59 Å². The third-order valence-corrected chi connectivity index (χ3v) is 6.93. The van der Waals surface area contributed by atoms with Crippen LogP contribution >= 0.6 is 0 Å². The molecule has 3 rings (SSSR count). The van der Waals surface area contributed by atoms with Crippen molar-refractivity contribution < 1.29 is 18.0 Å². The maximum absolute atomic E-state index is 13.5. The van der Waals surface area contributed by atoms with Gasteiger partial charge < -0.3 is 10.2 Å². The van der Waals surface area contributed by atoms with Gasteiger partial charge in [0, 0.05) is 20.1 Å². The fourth-order valence-electron chi connectivity index (χ4n) is 3.68. The number of carbonyl (C=O) groups excluding carboxylic acids is 2. The molecule has 3 aromatic rings. The average molecular weight is 494 g/mol. The van der Waals surface area contributed by atoms with Gasteiger partial charge in [-0.1, -0.05) is 91.0 Å². The van der Waals surface area contributed by atoms with Gasteiger partial charge in [0.2, 0.25) is 21.8 Å². The summed E-state index contributed by atoms with van der Waals surface area (Å²) in [6, 6.07) is 27.3. The van der Waals surface area contributed by atoms with Crippen molar-refractivity contribution in [2.24, 2.45) is 0 Å². The number of carbonyl (C=O) groups is 2. The van der Waals surface area contributed by atoms with Crippen LogP contribution in [-0.2, 0) is 32.6 Å². The summed E-state index contributed by atoms with van der Waals surface area (Å²) >= 11 is 0. The minimum Gasteiger partial charge on any atom is -0.354 e. The van der Waals surface area contributed by atoms with Gasteiger partial charge in [0.15, 0.2) is 0 Å². The van der Waals surface area contributed by atoms with E-state index in [1.807, 2.05) is 78.9 Å². The zero-order valence-electron chi connectivity index (χ0n) is 20.0. The van der Waals surface area contributed by atoms with E-state index in [9.17, 15) is 18.0 Å². The van der Waals surface area contributed by atoms with Gasteiger partial charge >= 0.3 is 0 Å². The van der Waals surface area contributed by atoms with E-state index in [0.29, 0.717) is 18.5 Å². The van der Waals surface area contributed by atoms with Crippen LogP contribution in [0, 0.1) is 0 Å². The quantitative estimate of drug-likeness (QED) is 0.445. The third-order valence-electron chi connectivity index (χ3n) is 5.67. The molecule has 35 heavy (non-hydrogen) atoms. The number of nitrogens with zero attached hydrogens (tertiary/aromatic N) is 2. The van der Waals surface area contributed by atoms with Crippen LogP contribution in [0.25, 0.3) is 0 Å². The lowest BCUT2D eigenvalue weighted by Gasteiger charge is -2.32. The van der Waals surface area contributed by atoms with Crippen molar-refractivity contribution in [2.45, 2.75) is 19.0 Å². The molecular weight excluding hydrogens is 462 g/mol. The molecule has 0 heterocycles. The fraction of sp³-hybridized carbons (Fsp3) is 0.259. The molecule has 0 aliphatic carbocycles. The van der Waals surface area contributed by atoms with Crippen molar-refractivity contribution in [2.75, 3.05) is 26.4 Å². The van der Waals surface area contributed by atoms with E-state index >= 15 is 0 Å². The summed E-state index contributed by atoms with van der Waals surface area (Å²) in [5.41, 5.74) is 2.58. The molecule has 2 amide bonds. The first-order chi connectivity index (χ1) is 16.8. The molecule has 7 nitrogen and oxygen atoms in total. The van der Waals surface area contributed by atoms with Crippen LogP contribution in [0.3, 0.4) is 0 Å². The Labute approximate surface area is 207 Å². The fourth-order valence-corrected chi connectivity index (χ4v) is 4.03. The zero-order valence-corrected chi connectivity index (χ0v) is 20.8. The summed E-state index contributed by atoms with van der Waals surface area (Å²) in [5.74, 6) is -0.785. The molecule has 3 aromatic carbocycles. The minimum atomic E-state index is -3.57. The minimum absolute atomic E-state index is 0.156. The highest BCUT2D eigenvalue weighted by Crippen LogP contribution is 2.24. The van der Waals surface area contributed by atoms with Crippen molar-refractivity contribution in [3.8, 4) is 0 Å². The van der Waals surface area contributed by atoms with E-state index in [4.69, 9.17) is 0 Å². The second-order valence-corrected chi connectivity index (χ2v) is 10.5. The molecule has 0 bridgehead atoms. The Morgan fingerprint density at radius 3 is 1.89 bits per heavy atom. The van der Waals surface area contributed by atoms with E-state index < -0.39 is 22.0 Å². The Hall–Kier alpha value is -3.49. The molecule has 0 fully saturated rings. The van der Waals surface area contributed by atoms with Gasteiger partial charge in [-0.2, -0.15) is 4.31 Å². The third kappa shape index (κ3) is 7.77. The maximum atomic E-state index is 13.5. The lowest BCUT2D eigenvalue weighted by molar-refractivity contribution is -0.141. The van der Waals surface area contributed by atoms with Gasteiger partial charge in [0.05, 0.1) is 12.8 Å². The Balaban J connectivity index is 1.90. The predicted octanol–water partition coefficient (Wildman–Crippen LogP) is 3.01. The molecule has 184 valence electrons. The van der Waals surface area contributed by atoms with Gasteiger partial charge in [0.25, 0.3) is 0 Å². The smallest absolute Gasteiger partial charge is 0.247 e. The second-order valence-electron chi connectivity index (χ2n) is 8.37. The summed E-state index contributed by atoms with van der Waals surface area (Å²) in [4.78, 5) is 28.4. The molecule has 0 radical (unpaired) electrons. The van der Waals surface area contributed by atoms with Crippen molar-refractivity contribution in [1.82, 2.24) is 14.5 Å². The van der Waals surface area contributed by atoms with Gasteiger partial charge in [-0.25, -0.2) is 8.42 Å². The lowest BCUT2D eigenvalue weighted by Crippen LogP contribution is -2.47. The van der Waals surface area contributed by atoms with Crippen molar-refractivity contribution in [3.63, 3.8) is 0 Å². The molecule has 1 N–H and O–H groups in total. The van der Waals surface area contributed by atoms with Gasteiger partial charge in [-0.15, -0.1) is 0 Å². The number of hydrogen-bond donors (Lipinski definition) is 1. The number of hydrogen-bond acceptors (Lipinski definition) is 4. The molecule has 1 unspecified atom stereocenters. The number of rotatable bonds is 11. The van der Waals surface area contributed by atoms with Crippen LogP contribution in [0.5, 0.6) is 0 Å². The monoisotopic (exact) mass is 493 g/mol. The maximum Gasteiger partial charge on any atom is 0.247 e. The summed E-state index contributed by atoms with van der Waals surface area (Å²) in [6.07, 6.45) is 1.70. The molecule has 0 aliphatic rings. The Bertz CT molecular complexity index is 1200. The summed E-state index contributed by atoms with van der Waals surface area (Å²) in [7, 11) is -2.22. The van der Waals surface area contributed by atoms with Crippen molar-refractivity contribution in [1.29, 1.82) is 0 Å². The van der Waals surface area contributed by atoms with E-state index in [1.165, 1.54) is 11.9 Å². The largest absolute Gasteiger partial charge is 0.354 e. The number of amides is 2. The molecule has 0 saturated heterocycles. The first kappa shape index (κ1) is 26.1. The Morgan fingerprint density at radius 2 is 1.34 bits per heavy atom. The van der Waals surface area contributed by atoms with E-state index in [-0.39, 0.29) is 19.0 Å². The van der Waals surface area contributed by atoms with Gasteiger partial charge in [-0.05, 0) is 23.1 Å². The van der Waals surface area contributed by atoms with Crippen LogP contribution < -0.4 is 5.32 Å². The number of nitrogens with one attached hydrogen (secondary N) is 1. The second kappa shape index (κ2) is 12.3. The van der Waals surface area contributed by atoms with Crippen LogP contribution in [0.2, 0.25) is 0 Å². The molecular formula is C27H31N3O4S. The predicted molar refractivity (Wildman–Crippen MR) is 137 cm³/mol. The zero-order chi connectivity index (χ0) is 25.3. The van der Waals surface area contributed by atoms with Crippen LogP contribution in [0.4, 0.5) is 0 Å². The first-order valence-electron chi connectivity index (χ1n) is 11.4. The van der Waals surface area contributed by atoms with E-state index in [0.717, 1.165) is 21.7 Å². The molecule has 1 atom stereocenters.